The number of cyclic esters (lactones) is 1. The van der Waals surface area contributed by atoms with E-state index in [1.54, 1.807) is 0 Å². The van der Waals surface area contributed by atoms with E-state index in [-0.39, 0.29) is 12.1 Å². The Balaban J connectivity index is 2.37. The van der Waals surface area contributed by atoms with Gasteiger partial charge in [0.05, 0.1) is 12.1 Å². The number of alkyl halides is 3. The fourth-order valence-corrected chi connectivity index (χ4v) is 1.48. The molecule has 1 aliphatic rings. The summed E-state index contributed by atoms with van der Waals surface area (Å²) in [5.41, 5.74) is -0.961. The van der Waals surface area contributed by atoms with Crippen molar-refractivity contribution in [3.63, 3.8) is 0 Å². The number of carbonyl (C=O) groups is 1. The Morgan fingerprint density at radius 3 is 2.81 bits per heavy atom. The fraction of sp³-hybridized carbons (Fsp3) is 0.333. The zero-order chi connectivity index (χ0) is 11.8. The van der Waals surface area contributed by atoms with Crippen molar-refractivity contribution in [2.45, 2.75) is 12.3 Å². The van der Waals surface area contributed by atoms with Crippen molar-refractivity contribution in [1.82, 2.24) is 10.3 Å². The topological polar surface area (TPSA) is 51.2 Å². The first-order valence-electron chi connectivity index (χ1n) is 4.44. The Hall–Kier alpha value is -1.79. The highest BCUT2D eigenvalue weighted by Crippen LogP contribution is 2.35. The molecule has 0 radical (unpaired) electrons. The summed E-state index contributed by atoms with van der Waals surface area (Å²) in [7, 11) is 0. The number of ether oxygens (including phenoxy) is 1. The quantitative estimate of drug-likeness (QED) is 0.804. The van der Waals surface area contributed by atoms with Gasteiger partial charge in [0.1, 0.15) is 6.10 Å². The summed E-state index contributed by atoms with van der Waals surface area (Å²) in [5.74, 6) is 0. The Bertz CT molecular complexity index is 419. The number of halogens is 3. The van der Waals surface area contributed by atoms with Crippen molar-refractivity contribution in [3.8, 4) is 0 Å². The number of nitrogens with one attached hydrogen (secondary N) is 1. The van der Waals surface area contributed by atoms with E-state index in [0.29, 0.717) is 0 Å². The lowest BCUT2D eigenvalue weighted by molar-refractivity contribution is -0.139. The minimum absolute atomic E-state index is 0.0337. The van der Waals surface area contributed by atoms with Crippen molar-refractivity contribution in [2.24, 2.45) is 0 Å². The third kappa shape index (κ3) is 1.93. The zero-order valence-corrected chi connectivity index (χ0v) is 7.91. The molecule has 0 aromatic carbocycles. The minimum atomic E-state index is -4.50. The Kier molecular flexibility index (Phi) is 2.45. The van der Waals surface area contributed by atoms with Crippen LogP contribution in [0, 0.1) is 0 Å². The van der Waals surface area contributed by atoms with E-state index in [4.69, 9.17) is 4.74 Å². The summed E-state index contributed by atoms with van der Waals surface area (Å²) in [6.07, 6.45) is -4.17. The number of aromatic nitrogens is 1. The van der Waals surface area contributed by atoms with Crippen LogP contribution in [0.4, 0.5) is 18.0 Å². The van der Waals surface area contributed by atoms with Crippen LogP contribution in [-0.4, -0.2) is 17.6 Å². The molecular weight excluding hydrogens is 225 g/mol. The van der Waals surface area contributed by atoms with E-state index in [9.17, 15) is 18.0 Å². The van der Waals surface area contributed by atoms with Crippen LogP contribution in [0.25, 0.3) is 0 Å². The number of carbonyl (C=O) groups excluding carboxylic acids is 1. The lowest BCUT2D eigenvalue weighted by Crippen LogP contribution is -2.15. The largest absolute Gasteiger partial charge is 0.439 e. The molecule has 7 heteroatoms. The van der Waals surface area contributed by atoms with Crippen LogP contribution in [-0.2, 0) is 10.9 Å². The highest BCUT2D eigenvalue weighted by Gasteiger charge is 2.37. The molecule has 1 amide bonds. The second kappa shape index (κ2) is 3.66. The number of hydrogen-bond donors (Lipinski definition) is 1. The van der Waals surface area contributed by atoms with E-state index >= 15 is 0 Å². The van der Waals surface area contributed by atoms with Gasteiger partial charge in [0.15, 0.2) is 0 Å². The van der Waals surface area contributed by atoms with Crippen molar-refractivity contribution >= 4 is 6.09 Å². The number of pyridine rings is 1. The van der Waals surface area contributed by atoms with Gasteiger partial charge in [0.2, 0.25) is 0 Å². The first-order chi connectivity index (χ1) is 7.48. The van der Waals surface area contributed by atoms with Gasteiger partial charge in [-0.1, -0.05) is 0 Å². The maximum Gasteiger partial charge on any atom is 0.418 e. The Morgan fingerprint density at radius 1 is 1.50 bits per heavy atom. The zero-order valence-electron chi connectivity index (χ0n) is 7.91. The molecule has 0 bridgehead atoms. The molecule has 1 aliphatic heterocycles. The first-order valence-corrected chi connectivity index (χ1v) is 4.44. The lowest BCUT2D eigenvalue weighted by atomic mass is 10.0. The number of hydrogen-bond acceptors (Lipinski definition) is 3. The maximum absolute atomic E-state index is 12.6. The fourth-order valence-electron chi connectivity index (χ4n) is 1.48. The maximum atomic E-state index is 12.6. The van der Waals surface area contributed by atoms with Crippen LogP contribution in [0.1, 0.15) is 17.2 Å². The van der Waals surface area contributed by atoms with Gasteiger partial charge in [0, 0.05) is 18.0 Å². The molecule has 4 nitrogen and oxygen atoms in total. The van der Waals surface area contributed by atoms with Crippen LogP contribution in [0.15, 0.2) is 18.5 Å². The van der Waals surface area contributed by atoms with Crippen LogP contribution in [0.2, 0.25) is 0 Å². The second-order valence-electron chi connectivity index (χ2n) is 3.24. The average molecular weight is 232 g/mol. The van der Waals surface area contributed by atoms with Gasteiger partial charge in [0.25, 0.3) is 0 Å². The number of amides is 1. The molecule has 0 aliphatic carbocycles. The van der Waals surface area contributed by atoms with Gasteiger partial charge < -0.3 is 10.1 Å². The summed E-state index contributed by atoms with van der Waals surface area (Å²) in [5, 5.41) is 2.30. The van der Waals surface area contributed by atoms with E-state index in [1.165, 1.54) is 12.3 Å². The lowest BCUT2D eigenvalue weighted by Gasteiger charge is -2.15. The average Bonchev–Trinajstić information content (AvgIpc) is 2.64. The molecule has 1 fully saturated rings. The molecule has 2 heterocycles. The van der Waals surface area contributed by atoms with E-state index in [1.807, 2.05) is 0 Å². The second-order valence-corrected chi connectivity index (χ2v) is 3.24. The molecule has 0 saturated carbocycles. The van der Waals surface area contributed by atoms with Crippen LogP contribution in [0.5, 0.6) is 0 Å². The van der Waals surface area contributed by atoms with Crippen molar-refractivity contribution in [2.75, 3.05) is 6.54 Å². The van der Waals surface area contributed by atoms with Gasteiger partial charge in [-0.15, -0.1) is 0 Å². The Morgan fingerprint density at radius 2 is 2.25 bits per heavy atom. The summed E-state index contributed by atoms with van der Waals surface area (Å²) in [6, 6.07) is 1.20. The van der Waals surface area contributed by atoms with Crippen molar-refractivity contribution in [1.29, 1.82) is 0 Å². The molecule has 1 atom stereocenters. The molecule has 1 saturated heterocycles. The number of rotatable bonds is 1. The van der Waals surface area contributed by atoms with E-state index in [0.717, 1.165) is 6.20 Å². The summed E-state index contributed by atoms with van der Waals surface area (Å²) < 4.78 is 42.5. The van der Waals surface area contributed by atoms with Crippen LogP contribution < -0.4 is 5.32 Å². The molecule has 16 heavy (non-hydrogen) atoms. The van der Waals surface area contributed by atoms with Gasteiger partial charge in [-0.2, -0.15) is 13.2 Å². The third-order valence-corrected chi connectivity index (χ3v) is 2.19. The van der Waals surface area contributed by atoms with Gasteiger partial charge in [-0.3, -0.25) is 4.98 Å². The molecule has 86 valence electrons. The van der Waals surface area contributed by atoms with Crippen LogP contribution in [0.3, 0.4) is 0 Å². The van der Waals surface area contributed by atoms with Crippen LogP contribution >= 0.6 is 0 Å². The monoisotopic (exact) mass is 232 g/mol. The molecular formula is C9H7F3N2O2. The number of alkyl carbamates (subject to hydrolysis) is 1. The summed E-state index contributed by atoms with van der Waals surface area (Å²) in [6.45, 7) is 0.0337. The van der Waals surface area contributed by atoms with Gasteiger partial charge in [-0.25, -0.2) is 4.79 Å². The highest BCUT2D eigenvalue weighted by atomic mass is 19.4. The predicted octanol–water partition coefficient (Wildman–Crippen LogP) is 1.88. The summed E-state index contributed by atoms with van der Waals surface area (Å²) >= 11 is 0. The molecule has 1 aromatic heterocycles. The SMILES string of the molecule is O=C1NCC(c2ccncc2C(F)(F)F)O1. The van der Waals surface area contributed by atoms with Crippen molar-refractivity contribution < 1.29 is 22.7 Å². The minimum Gasteiger partial charge on any atom is -0.439 e. The number of nitrogens with zero attached hydrogens (tertiary/aromatic N) is 1. The standard InChI is InChI=1S/C9H7F3N2O2/c10-9(11,12)6-3-13-2-1-5(6)7-4-14-8(15)16-7/h1-3,7H,4H2,(H,14,15). The van der Waals surface area contributed by atoms with Gasteiger partial charge >= 0.3 is 12.3 Å². The molecule has 0 spiro atoms. The first kappa shape index (κ1) is 10.7. The third-order valence-electron chi connectivity index (χ3n) is 2.19. The Labute approximate surface area is 88.4 Å². The van der Waals surface area contributed by atoms with E-state index < -0.39 is 23.9 Å². The highest BCUT2D eigenvalue weighted by molar-refractivity contribution is 5.69. The predicted molar refractivity (Wildman–Crippen MR) is 46.5 cm³/mol. The van der Waals surface area contributed by atoms with Gasteiger partial charge in [-0.05, 0) is 6.07 Å². The smallest absolute Gasteiger partial charge is 0.418 e. The summed E-state index contributed by atoms with van der Waals surface area (Å²) in [4.78, 5) is 14.2. The molecule has 1 N–H and O–H groups in total. The molecule has 1 unspecified atom stereocenters. The van der Waals surface area contributed by atoms with E-state index in [2.05, 4.69) is 10.3 Å². The normalized spacial score (nSPS) is 20.4. The van der Waals surface area contributed by atoms with Crippen molar-refractivity contribution in [3.05, 3.63) is 29.6 Å². The molecule has 2 rings (SSSR count). The molecule has 1 aromatic rings.